The molecule has 1 aromatic rings. The number of carbonyl (C=O) groups excluding carboxylic acids is 1. The number of carboxylic acid groups (broad SMARTS) is 1. The lowest BCUT2D eigenvalue weighted by Gasteiger charge is -2.16. The molecule has 0 heterocycles. The van der Waals surface area contributed by atoms with Gasteiger partial charge < -0.3 is 14.6 Å². The fourth-order valence-corrected chi connectivity index (χ4v) is 1.68. The lowest BCUT2D eigenvalue weighted by Crippen LogP contribution is -2.04. The molecule has 0 amide bonds. The van der Waals surface area contributed by atoms with E-state index < -0.39 is 11.9 Å². The smallest absolute Gasteiger partial charge is 0.333 e. The van der Waals surface area contributed by atoms with Gasteiger partial charge in [0.2, 0.25) is 0 Å². The van der Waals surface area contributed by atoms with Crippen molar-refractivity contribution in [3.8, 4) is 0 Å². The molecule has 1 aromatic carbocycles. The number of ether oxygens (including phenoxy) is 2. The van der Waals surface area contributed by atoms with Crippen molar-refractivity contribution in [3.05, 3.63) is 48.2 Å². The first kappa shape index (κ1) is 15.8. The van der Waals surface area contributed by atoms with Gasteiger partial charge in [-0.2, -0.15) is 0 Å². The Morgan fingerprint density at radius 3 is 2.60 bits per heavy atom. The average Bonchev–Trinajstić information content (AvgIpc) is 2.46. The highest BCUT2D eigenvalue weighted by Crippen LogP contribution is 2.23. The molecule has 1 atom stereocenters. The van der Waals surface area contributed by atoms with Crippen LogP contribution < -0.4 is 0 Å². The summed E-state index contributed by atoms with van der Waals surface area (Å²) in [6, 6.07) is 9.46. The zero-order valence-corrected chi connectivity index (χ0v) is 11.3. The summed E-state index contributed by atoms with van der Waals surface area (Å²) in [5, 5.41) is 8.66. The van der Waals surface area contributed by atoms with Crippen molar-refractivity contribution in [2.45, 2.75) is 25.4 Å². The highest BCUT2D eigenvalue weighted by molar-refractivity contribution is 5.81. The van der Waals surface area contributed by atoms with Crippen LogP contribution in [0, 0.1) is 0 Å². The summed E-state index contributed by atoms with van der Waals surface area (Å²) in [7, 11) is 1.29. The fraction of sp³-hybridized carbons (Fsp3) is 0.333. The maximum atomic E-state index is 11.0. The molecule has 20 heavy (non-hydrogen) atoms. The molecule has 0 aliphatic rings. The Labute approximate surface area is 117 Å². The number of rotatable bonds is 8. The predicted octanol–water partition coefficient (Wildman–Crippen LogP) is 2.69. The SMILES string of the molecule is COC(=O)/C=C/OC(CCCC(=O)O)c1ccccc1. The summed E-state index contributed by atoms with van der Waals surface area (Å²) < 4.78 is 9.98. The number of hydrogen-bond donors (Lipinski definition) is 1. The van der Waals surface area contributed by atoms with E-state index in [1.54, 1.807) is 0 Å². The summed E-state index contributed by atoms with van der Waals surface area (Å²) in [6.45, 7) is 0. The van der Waals surface area contributed by atoms with Gasteiger partial charge >= 0.3 is 11.9 Å². The number of esters is 1. The maximum Gasteiger partial charge on any atom is 0.333 e. The summed E-state index contributed by atoms with van der Waals surface area (Å²) >= 11 is 0. The molecule has 5 heteroatoms. The van der Waals surface area contributed by atoms with E-state index in [0.29, 0.717) is 12.8 Å². The van der Waals surface area contributed by atoms with E-state index in [9.17, 15) is 9.59 Å². The second-order valence-corrected chi connectivity index (χ2v) is 4.15. The van der Waals surface area contributed by atoms with Crippen LogP contribution in [0.2, 0.25) is 0 Å². The predicted molar refractivity (Wildman–Crippen MR) is 72.9 cm³/mol. The largest absolute Gasteiger partial charge is 0.493 e. The third-order valence-electron chi connectivity index (χ3n) is 2.68. The number of aliphatic carboxylic acids is 1. The number of benzene rings is 1. The molecule has 0 bridgehead atoms. The number of carboxylic acids is 1. The normalized spacial score (nSPS) is 12.1. The third kappa shape index (κ3) is 6.04. The first-order chi connectivity index (χ1) is 9.63. The lowest BCUT2D eigenvalue weighted by molar-refractivity contribution is -0.137. The van der Waals surface area contributed by atoms with Gasteiger partial charge in [-0.25, -0.2) is 4.79 Å². The van der Waals surface area contributed by atoms with Crippen molar-refractivity contribution < 1.29 is 24.2 Å². The van der Waals surface area contributed by atoms with E-state index in [1.165, 1.54) is 19.4 Å². The number of hydrogen-bond acceptors (Lipinski definition) is 4. The van der Waals surface area contributed by atoms with Gasteiger partial charge in [-0.15, -0.1) is 0 Å². The number of methoxy groups -OCH3 is 1. The molecular formula is C15H18O5. The zero-order chi connectivity index (χ0) is 14.8. The van der Waals surface area contributed by atoms with Crippen LogP contribution in [0.5, 0.6) is 0 Å². The minimum absolute atomic E-state index is 0.0907. The molecule has 0 saturated heterocycles. The summed E-state index contributed by atoms with van der Waals surface area (Å²) in [6.07, 6.45) is 3.34. The average molecular weight is 278 g/mol. The van der Waals surface area contributed by atoms with Gasteiger partial charge in [0.1, 0.15) is 6.10 Å². The number of carbonyl (C=O) groups is 2. The molecule has 1 rings (SSSR count). The lowest BCUT2D eigenvalue weighted by atomic mass is 10.0. The Kier molecular flexibility index (Phi) is 6.89. The zero-order valence-electron chi connectivity index (χ0n) is 11.3. The minimum atomic E-state index is -0.832. The molecule has 0 aliphatic carbocycles. The molecule has 1 N–H and O–H groups in total. The monoisotopic (exact) mass is 278 g/mol. The van der Waals surface area contributed by atoms with Crippen LogP contribution in [-0.2, 0) is 19.1 Å². The molecule has 0 aliphatic heterocycles. The highest BCUT2D eigenvalue weighted by Gasteiger charge is 2.12. The van der Waals surface area contributed by atoms with E-state index in [2.05, 4.69) is 4.74 Å². The van der Waals surface area contributed by atoms with E-state index in [1.807, 2.05) is 30.3 Å². The van der Waals surface area contributed by atoms with Crippen LogP contribution in [0.4, 0.5) is 0 Å². The first-order valence-corrected chi connectivity index (χ1v) is 6.30. The fourth-order valence-electron chi connectivity index (χ4n) is 1.68. The van der Waals surface area contributed by atoms with Crippen molar-refractivity contribution in [2.24, 2.45) is 0 Å². The van der Waals surface area contributed by atoms with Crippen molar-refractivity contribution in [1.29, 1.82) is 0 Å². The van der Waals surface area contributed by atoms with Crippen LogP contribution in [0.15, 0.2) is 42.7 Å². The summed E-state index contributed by atoms with van der Waals surface area (Å²) in [5.74, 6) is -1.33. The molecule has 108 valence electrons. The van der Waals surface area contributed by atoms with Crippen molar-refractivity contribution in [1.82, 2.24) is 0 Å². The molecule has 0 saturated carbocycles. The highest BCUT2D eigenvalue weighted by atomic mass is 16.5. The Bertz CT molecular complexity index is 453. The van der Waals surface area contributed by atoms with Crippen LogP contribution in [0.1, 0.15) is 30.9 Å². The quantitative estimate of drug-likeness (QED) is 0.449. The third-order valence-corrected chi connectivity index (χ3v) is 2.68. The van der Waals surface area contributed by atoms with Gasteiger partial charge in [0.25, 0.3) is 0 Å². The minimum Gasteiger partial charge on any atom is -0.493 e. The molecule has 0 radical (unpaired) electrons. The second kappa shape index (κ2) is 8.74. The van der Waals surface area contributed by atoms with Crippen LogP contribution in [0.3, 0.4) is 0 Å². The van der Waals surface area contributed by atoms with Crippen molar-refractivity contribution >= 4 is 11.9 Å². The topological polar surface area (TPSA) is 72.8 Å². The van der Waals surface area contributed by atoms with Gasteiger partial charge in [-0.3, -0.25) is 4.79 Å². The Hall–Kier alpha value is -2.30. The molecule has 0 spiro atoms. The molecular weight excluding hydrogens is 260 g/mol. The first-order valence-electron chi connectivity index (χ1n) is 6.30. The Balaban J connectivity index is 2.62. The van der Waals surface area contributed by atoms with E-state index in [0.717, 1.165) is 5.56 Å². The van der Waals surface area contributed by atoms with Crippen molar-refractivity contribution in [2.75, 3.05) is 7.11 Å². The van der Waals surface area contributed by atoms with Gasteiger partial charge in [0.05, 0.1) is 19.4 Å². The maximum absolute atomic E-state index is 11.0. The molecule has 5 nitrogen and oxygen atoms in total. The van der Waals surface area contributed by atoms with Crippen molar-refractivity contribution in [3.63, 3.8) is 0 Å². The Morgan fingerprint density at radius 2 is 2.00 bits per heavy atom. The van der Waals surface area contributed by atoms with E-state index in [-0.39, 0.29) is 12.5 Å². The van der Waals surface area contributed by atoms with Gasteiger partial charge in [-0.1, -0.05) is 30.3 Å². The summed E-state index contributed by atoms with van der Waals surface area (Å²) in [4.78, 5) is 21.5. The van der Waals surface area contributed by atoms with Crippen LogP contribution in [-0.4, -0.2) is 24.2 Å². The van der Waals surface area contributed by atoms with Crippen LogP contribution >= 0.6 is 0 Å². The van der Waals surface area contributed by atoms with Gasteiger partial charge in [0.15, 0.2) is 0 Å². The standard InChI is InChI=1S/C15H18O5/c1-19-15(18)10-11-20-13(8-5-9-14(16)17)12-6-3-2-4-7-12/h2-4,6-7,10-11,13H,5,8-9H2,1H3,(H,16,17)/b11-10+. The molecule has 1 unspecified atom stereocenters. The second-order valence-electron chi connectivity index (χ2n) is 4.15. The molecule has 0 aromatic heterocycles. The van der Waals surface area contributed by atoms with E-state index >= 15 is 0 Å². The summed E-state index contributed by atoms with van der Waals surface area (Å²) in [5.41, 5.74) is 0.937. The van der Waals surface area contributed by atoms with Crippen LogP contribution in [0.25, 0.3) is 0 Å². The molecule has 0 fully saturated rings. The van der Waals surface area contributed by atoms with E-state index in [4.69, 9.17) is 9.84 Å². The van der Waals surface area contributed by atoms with Gasteiger partial charge in [-0.05, 0) is 18.4 Å². The Morgan fingerprint density at radius 1 is 1.30 bits per heavy atom. The van der Waals surface area contributed by atoms with Gasteiger partial charge in [0, 0.05) is 6.42 Å².